The Labute approximate surface area is 159 Å². The third-order valence-electron chi connectivity index (χ3n) is 4.53. The summed E-state index contributed by atoms with van der Waals surface area (Å²) in [7, 11) is -2.29. The van der Waals surface area contributed by atoms with Gasteiger partial charge >= 0.3 is 0 Å². The van der Waals surface area contributed by atoms with Crippen molar-refractivity contribution in [3.8, 4) is 5.75 Å². The minimum Gasteiger partial charge on any atom is -0.495 e. The quantitative estimate of drug-likeness (QED) is 0.775. The molecule has 26 heavy (non-hydrogen) atoms. The van der Waals surface area contributed by atoms with Crippen LogP contribution in [-0.2, 0) is 21.2 Å². The van der Waals surface area contributed by atoms with Gasteiger partial charge in [-0.05, 0) is 35.7 Å². The predicted octanol–water partition coefficient (Wildman–Crippen LogP) is 3.67. The zero-order valence-corrected chi connectivity index (χ0v) is 16.4. The molecular weight excluding hydrogens is 374 g/mol. The Kier molecular flexibility index (Phi) is 5.87. The van der Waals surface area contributed by atoms with Gasteiger partial charge in [0.2, 0.25) is 10.0 Å². The van der Waals surface area contributed by atoms with E-state index in [4.69, 9.17) is 21.1 Å². The molecule has 2 aromatic carbocycles. The van der Waals surface area contributed by atoms with Crippen LogP contribution in [0.1, 0.15) is 24.2 Å². The first kappa shape index (κ1) is 19.2. The first-order valence-electron chi connectivity index (χ1n) is 8.50. The number of aryl methyl sites for hydroxylation is 1. The molecule has 1 heterocycles. The third kappa shape index (κ3) is 3.88. The molecule has 2 aromatic rings. The molecule has 0 saturated carbocycles. The standard InChI is InChI=1S/C19H22ClNO4S/c1-3-14-4-6-15(7-5-14)18-13-21(10-11-25-18)26(22,23)19-12-16(20)8-9-17(19)24-2/h4-9,12,18H,3,10-11,13H2,1-2H3. The summed E-state index contributed by atoms with van der Waals surface area (Å²) in [5.74, 6) is 0.282. The molecule has 0 radical (unpaired) electrons. The van der Waals surface area contributed by atoms with E-state index in [2.05, 4.69) is 6.92 Å². The van der Waals surface area contributed by atoms with Gasteiger partial charge in [-0.1, -0.05) is 42.8 Å². The Morgan fingerprint density at radius 3 is 2.62 bits per heavy atom. The normalized spacial score (nSPS) is 18.7. The molecule has 1 aliphatic rings. The van der Waals surface area contributed by atoms with Crippen molar-refractivity contribution >= 4 is 21.6 Å². The van der Waals surface area contributed by atoms with Crippen molar-refractivity contribution in [2.75, 3.05) is 26.8 Å². The van der Waals surface area contributed by atoms with Gasteiger partial charge in [-0.3, -0.25) is 0 Å². The maximum absolute atomic E-state index is 13.1. The molecule has 0 aromatic heterocycles. The van der Waals surface area contributed by atoms with Gasteiger partial charge in [0.05, 0.1) is 19.8 Å². The summed E-state index contributed by atoms with van der Waals surface area (Å²) in [6.45, 7) is 2.98. The summed E-state index contributed by atoms with van der Waals surface area (Å²) in [6.07, 6.45) is 0.663. The average Bonchev–Trinajstić information content (AvgIpc) is 2.68. The third-order valence-corrected chi connectivity index (χ3v) is 6.65. The van der Waals surface area contributed by atoms with E-state index < -0.39 is 10.0 Å². The molecule has 0 spiro atoms. The molecule has 3 rings (SSSR count). The van der Waals surface area contributed by atoms with Crippen LogP contribution in [-0.4, -0.2) is 39.5 Å². The molecule has 5 nitrogen and oxygen atoms in total. The number of sulfonamides is 1. The highest BCUT2D eigenvalue weighted by Crippen LogP contribution is 2.32. The van der Waals surface area contributed by atoms with Crippen molar-refractivity contribution in [3.05, 3.63) is 58.6 Å². The summed E-state index contributed by atoms with van der Waals surface area (Å²) in [4.78, 5) is 0.0782. The van der Waals surface area contributed by atoms with Crippen LogP contribution in [0.2, 0.25) is 5.02 Å². The molecule has 1 unspecified atom stereocenters. The Bertz CT molecular complexity index is 868. The summed E-state index contributed by atoms with van der Waals surface area (Å²) in [5, 5.41) is 0.351. The van der Waals surface area contributed by atoms with Crippen LogP contribution in [0.25, 0.3) is 0 Å². The predicted molar refractivity (Wildman–Crippen MR) is 101 cm³/mol. The Hall–Kier alpha value is -1.60. The van der Waals surface area contributed by atoms with Gasteiger partial charge in [0.25, 0.3) is 0 Å². The lowest BCUT2D eigenvalue weighted by Crippen LogP contribution is -2.42. The van der Waals surface area contributed by atoms with Gasteiger partial charge < -0.3 is 9.47 Å². The summed E-state index contributed by atoms with van der Waals surface area (Å²) in [6, 6.07) is 12.7. The number of morpholine rings is 1. The summed E-state index contributed by atoms with van der Waals surface area (Å²) in [5.41, 5.74) is 2.21. The van der Waals surface area contributed by atoms with E-state index in [1.54, 1.807) is 12.1 Å². The first-order valence-corrected chi connectivity index (χ1v) is 10.3. The van der Waals surface area contributed by atoms with Gasteiger partial charge in [0.1, 0.15) is 10.6 Å². The number of rotatable bonds is 5. The van der Waals surface area contributed by atoms with E-state index in [1.165, 1.54) is 23.0 Å². The molecule has 0 amide bonds. The van der Waals surface area contributed by atoms with E-state index in [1.807, 2.05) is 24.3 Å². The van der Waals surface area contributed by atoms with Gasteiger partial charge in [0.15, 0.2) is 0 Å². The highest BCUT2D eigenvalue weighted by atomic mass is 35.5. The van der Waals surface area contributed by atoms with E-state index >= 15 is 0 Å². The highest BCUT2D eigenvalue weighted by Gasteiger charge is 2.33. The summed E-state index contributed by atoms with van der Waals surface area (Å²) < 4.78 is 38.7. The second-order valence-corrected chi connectivity index (χ2v) is 8.46. The van der Waals surface area contributed by atoms with E-state index in [0.717, 1.165) is 12.0 Å². The van der Waals surface area contributed by atoms with E-state index in [9.17, 15) is 8.42 Å². The van der Waals surface area contributed by atoms with Gasteiger partial charge in [-0.15, -0.1) is 0 Å². The molecule has 0 N–H and O–H groups in total. The SMILES string of the molecule is CCc1ccc(C2CN(S(=O)(=O)c3cc(Cl)ccc3OC)CCO2)cc1. The highest BCUT2D eigenvalue weighted by molar-refractivity contribution is 7.89. The second-order valence-electron chi connectivity index (χ2n) is 6.11. The molecule has 140 valence electrons. The van der Waals surface area contributed by atoms with Crippen LogP contribution >= 0.6 is 11.6 Å². The van der Waals surface area contributed by atoms with Crippen molar-refractivity contribution in [1.82, 2.24) is 4.31 Å². The largest absolute Gasteiger partial charge is 0.495 e. The van der Waals surface area contributed by atoms with E-state index in [-0.39, 0.29) is 23.3 Å². The van der Waals surface area contributed by atoms with Gasteiger partial charge in [-0.2, -0.15) is 4.31 Å². The topological polar surface area (TPSA) is 55.8 Å². The zero-order chi connectivity index (χ0) is 18.7. The number of hydrogen-bond donors (Lipinski definition) is 0. The summed E-state index contributed by atoms with van der Waals surface area (Å²) >= 11 is 6.01. The lowest BCUT2D eigenvalue weighted by molar-refractivity contribution is -0.00259. The average molecular weight is 396 g/mol. The molecule has 7 heteroatoms. The number of hydrogen-bond acceptors (Lipinski definition) is 4. The molecule has 1 atom stereocenters. The molecule has 0 bridgehead atoms. The van der Waals surface area contributed by atoms with Crippen LogP contribution in [0.4, 0.5) is 0 Å². The lowest BCUT2D eigenvalue weighted by atomic mass is 10.1. The van der Waals surface area contributed by atoms with Crippen molar-refractivity contribution < 1.29 is 17.9 Å². The van der Waals surface area contributed by atoms with Crippen LogP contribution in [0.15, 0.2) is 47.4 Å². The van der Waals surface area contributed by atoms with Crippen LogP contribution in [0, 0.1) is 0 Å². The fourth-order valence-corrected chi connectivity index (χ4v) is 4.85. The fourth-order valence-electron chi connectivity index (χ4n) is 3.00. The van der Waals surface area contributed by atoms with Crippen LogP contribution < -0.4 is 4.74 Å². The Morgan fingerprint density at radius 2 is 1.96 bits per heavy atom. The van der Waals surface area contributed by atoms with Gasteiger partial charge in [0, 0.05) is 18.1 Å². The van der Waals surface area contributed by atoms with Gasteiger partial charge in [-0.25, -0.2) is 8.42 Å². The maximum Gasteiger partial charge on any atom is 0.246 e. The molecule has 1 fully saturated rings. The van der Waals surface area contributed by atoms with Crippen molar-refractivity contribution in [3.63, 3.8) is 0 Å². The van der Waals surface area contributed by atoms with Crippen molar-refractivity contribution in [2.45, 2.75) is 24.3 Å². The van der Waals surface area contributed by atoms with Crippen molar-refractivity contribution in [1.29, 1.82) is 0 Å². The van der Waals surface area contributed by atoms with E-state index in [0.29, 0.717) is 18.2 Å². The van der Waals surface area contributed by atoms with Crippen molar-refractivity contribution in [2.24, 2.45) is 0 Å². The number of nitrogens with zero attached hydrogens (tertiary/aromatic N) is 1. The number of halogens is 1. The Balaban J connectivity index is 1.87. The minimum atomic E-state index is -3.74. The molecule has 0 aliphatic carbocycles. The number of benzene rings is 2. The Morgan fingerprint density at radius 1 is 1.23 bits per heavy atom. The monoisotopic (exact) mass is 395 g/mol. The smallest absolute Gasteiger partial charge is 0.246 e. The van der Waals surface area contributed by atoms with Crippen LogP contribution in [0.3, 0.4) is 0 Å². The maximum atomic E-state index is 13.1. The van der Waals surface area contributed by atoms with Crippen LogP contribution in [0.5, 0.6) is 5.75 Å². The zero-order valence-electron chi connectivity index (χ0n) is 14.8. The molecule has 1 aliphatic heterocycles. The number of ether oxygens (including phenoxy) is 2. The molecule has 1 saturated heterocycles. The fraction of sp³-hybridized carbons (Fsp3) is 0.368. The second kappa shape index (κ2) is 7.96. The number of methoxy groups -OCH3 is 1. The lowest BCUT2D eigenvalue weighted by Gasteiger charge is -2.32. The first-order chi connectivity index (χ1) is 12.5. The molecular formula is C19H22ClNO4S. The minimum absolute atomic E-state index is 0.0782.